The van der Waals surface area contributed by atoms with Crippen LogP contribution in [0.4, 0.5) is 0 Å². The average molecular weight is 497 g/mol. The molecular weight excluding hydrogens is 440 g/mol. The van der Waals surface area contributed by atoms with Crippen molar-refractivity contribution in [2.24, 2.45) is 0 Å². The van der Waals surface area contributed by atoms with Crippen LogP contribution in [0.15, 0.2) is 12.2 Å². The van der Waals surface area contributed by atoms with Crippen molar-refractivity contribution >= 4 is 14.1 Å². The van der Waals surface area contributed by atoms with Gasteiger partial charge in [0, 0.05) is 6.42 Å². The summed E-state index contributed by atoms with van der Waals surface area (Å²) in [5, 5.41) is 0.114. The summed E-state index contributed by atoms with van der Waals surface area (Å²) in [5.74, 6) is -0.581. The predicted octanol–water partition coefficient (Wildman–Crippen LogP) is 8.74. The highest BCUT2D eigenvalue weighted by Crippen LogP contribution is 2.38. The Morgan fingerprint density at radius 1 is 1.00 bits per heavy atom. The largest absolute Gasteiger partial charge is 0.413 e. The molecule has 4 nitrogen and oxygen atoms in total. The van der Waals surface area contributed by atoms with Gasteiger partial charge in [-0.2, -0.15) is 0 Å². The van der Waals surface area contributed by atoms with E-state index in [0.29, 0.717) is 13.0 Å². The lowest BCUT2D eigenvalue weighted by atomic mass is 10.0. The zero-order valence-electron chi connectivity index (χ0n) is 23.8. The molecule has 0 unspecified atom stereocenters. The molecule has 2 atom stereocenters. The SMILES string of the molecule is CCCCCCCCCCCC/C=C/C[C@H](CC(=O)[C@H]1COC(C)(C)O1)O[Si](C)(C)C(C)(C)C. The van der Waals surface area contributed by atoms with Crippen molar-refractivity contribution in [2.75, 3.05) is 6.61 Å². The van der Waals surface area contributed by atoms with E-state index in [0.717, 1.165) is 12.8 Å². The first kappa shape index (κ1) is 31.5. The normalized spacial score (nSPS) is 19.7. The highest BCUT2D eigenvalue weighted by atomic mass is 28.4. The van der Waals surface area contributed by atoms with Gasteiger partial charge in [0.25, 0.3) is 0 Å². The summed E-state index contributed by atoms with van der Waals surface area (Å²) in [6.45, 7) is 17.6. The summed E-state index contributed by atoms with van der Waals surface area (Å²) in [7, 11) is -1.97. The molecule has 0 amide bonds. The Kier molecular flexibility index (Phi) is 14.5. The number of carbonyl (C=O) groups is 1. The van der Waals surface area contributed by atoms with Crippen LogP contribution in [-0.2, 0) is 18.7 Å². The molecule has 0 N–H and O–H groups in total. The van der Waals surface area contributed by atoms with Crippen LogP contribution in [0, 0.1) is 0 Å². The standard InChI is InChI=1S/C29H56O4Si/c1-9-10-11-12-13-14-15-16-17-18-19-20-21-22-25(33-34(7,8)28(2,3)4)23-26(30)27-24-31-29(5,6)32-27/h20-21,25,27H,9-19,22-24H2,1-8H3/b21-20+/t25-,27-/m1/s1. The predicted molar refractivity (Wildman–Crippen MR) is 147 cm³/mol. The van der Waals surface area contributed by atoms with Gasteiger partial charge in [-0.25, -0.2) is 0 Å². The van der Waals surface area contributed by atoms with Gasteiger partial charge < -0.3 is 13.9 Å². The molecule has 1 aliphatic rings. The van der Waals surface area contributed by atoms with Gasteiger partial charge in [0.1, 0.15) is 6.10 Å². The highest BCUT2D eigenvalue weighted by Gasteiger charge is 2.41. The minimum atomic E-state index is -1.97. The van der Waals surface area contributed by atoms with Gasteiger partial charge in [-0.1, -0.05) is 97.6 Å². The summed E-state index contributed by atoms with van der Waals surface area (Å²) in [6.07, 6.45) is 19.9. The van der Waals surface area contributed by atoms with Gasteiger partial charge in [-0.15, -0.1) is 0 Å². The highest BCUT2D eigenvalue weighted by molar-refractivity contribution is 6.74. The maximum atomic E-state index is 12.9. The molecular formula is C29H56O4Si. The topological polar surface area (TPSA) is 44.8 Å². The van der Waals surface area contributed by atoms with E-state index in [1.165, 1.54) is 64.2 Å². The maximum Gasteiger partial charge on any atom is 0.192 e. The molecule has 0 aromatic carbocycles. The Labute approximate surface area is 212 Å². The van der Waals surface area contributed by atoms with E-state index in [-0.39, 0.29) is 16.9 Å². The molecule has 0 radical (unpaired) electrons. The number of ketones is 1. The summed E-state index contributed by atoms with van der Waals surface area (Å²) in [6, 6.07) is 0. The smallest absolute Gasteiger partial charge is 0.192 e. The zero-order valence-corrected chi connectivity index (χ0v) is 24.8. The number of hydrogen-bond donors (Lipinski definition) is 0. The molecule has 1 saturated heterocycles. The molecule has 0 saturated carbocycles. The van der Waals surface area contributed by atoms with Crippen LogP contribution in [0.25, 0.3) is 0 Å². The Morgan fingerprint density at radius 2 is 1.56 bits per heavy atom. The molecule has 1 aliphatic heterocycles. The minimum absolute atomic E-state index is 0.0929. The lowest BCUT2D eigenvalue weighted by Crippen LogP contribution is -2.45. The quantitative estimate of drug-likeness (QED) is 0.108. The third kappa shape index (κ3) is 13.0. The lowest BCUT2D eigenvalue weighted by molar-refractivity contribution is -0.153. The molecule has 1 fully saturated rings. The van der Waals surface area contributed by atoms with Crippen molar-refractivity contribution in [3.63, 3.8) is 0 Å². The first-order valence-electron chi connectivity index (χ1n) is 14.1. The minimum Gasteiger partial charge on any atom is -0.413 e. The van der Waals surface area contributed by atoms with Crippen molar-refractivity contribution in [1.82, 2.24) is 0 Å². The number of carbonyl (C=O) groups excluding carboxylic acids is 1. The van der Waals surface area contributed by atoms with Crippen LogP contribution in [0.3, 0.4) is 0 Å². The fourth-order valence-corrected chi connectivity index (χ4v) is 5.45. The maximum absolute atomic E-state index is 12.9. The Morgan fingerprint density at radius 3 is 2.06 bits per heavy atom. The van der Waals surface area contributed by atoms with Gasteiger partial charge in [-0.3, -0.25) is 4.79 Å². The van der Waals surface area contributed by atoms with Crippen LogP contribution in [0.2, 0.25) is 18.1 Å². The fraction of sp³-hybridized carbons (Fsp3) is 0.897. The number of Topliss-reactive ketones (excluding diaryl/α,β-unsaturated/α-hetero) is 1. The fourth-order valence-electron chi connectivity index (χ4n) is 4.08. The van der Waals surface area contributed by atoms with Gasteiger partial charge >= 0.3 is 0 Å². The number of hydrogen-bond acceptors (Lipinski definition) is 4. The Bertz CT molecular complexity index is 591. The van der Waals surface area contributed by atoms with Crippen LogP contribution in [0.1, 0.15) is 125 Å². The van der Waals surface area contributed by atoms with Gasteiger partial charge in [0.05, 0.1) is 12.7 Å². The summed E-state index contributed by atoms with van der Waals surface area (Å²) < 4.78 is 18.1. The third-order valence-electron chi connectivity index (χ3n) is 7.35. The summed E-state index contributed by atoms with van der Waals surface area (Å²) in [5.41, 5.74) is 0. The molecule has 34 heavy (non-hydrogen) atoms. The van der Waals surface area contributed by atoms with Crippen LogP contribution in [-0.4, -0.2) is 38.7 Å². The summed E-state index contributed by atoms with van der Waals surface area (Å²) >= 11 is 0. The third-order valence-corrected chi connectivity index (χ3v) is 11.9. The zero-order chi connectivity index (χ0) is 25.7. The number of unbranched alkanes of at least 4 members (excludes halogenated alkanes) is 10. The molecule has 0 aromatic heterocycles. The molecule has 1 heterocycles. The molecule has 0 aliphatic carbocycles. The molecule has 0 aromatic rings. The monoisotopic (exact) mass is 496 g/mol. The number of rotatable bonds is 18. The van der Waals surface area contributed by atoms with E-state index >= 15 is 0 Å². The van der Waals surface area contributed by atoms with Crippen LogP contribution in [0.5, 0.6) is 0 Å². The van der Waals surface area contributed by atoms with Crippen molar-refractivity contribution in [1.29, 1.82) is 0 Å². The van der Waals surface area contributed by atoms with E-state index < -0.39 is 20.2 Å². The molecule has 0 bridgehead atoms. The van der Waals surface area contributed by atoms with Gasteiger partial charge in [0.2, 0.25) is 0 Å². The van der Waals surface area contributed by atoms with E-state index in [9.17, 15) is 4.79 Å². The molecule has 0 spiro atoms. The van der Waals surface area contributed by atoms with Crippen LogP contribution >= 0.6 is 0 Å². The first-order valence-corrected chi connectivity index (χ1v) is 17.0. The second kappa shape index (κ2) is 15.6. The molecule has 1 rings (SSSR count). The number of allylic oxidation sites excluding steroid dienone is 1. The summed E-state index contributed by atoms with van der Waals surface area (Å²) in [4.78, 5) is 12.9. The molecule has 5 heteroatoms. The van der Waals surface area contributed by atoms with Crippen molar-refractivity contribution < 1.29 is 18.7 Å². The number of ether oxygens (including phenoxy) is 2. The second-order valence-corrected chi connectivity index (χ2v) is 16.9. The van der Waals surface area contributed by atoms with E-state index in [2.05, 4.69) is 52.9 Å². The van der Waals surface area contributed by atoms with E-state index in [1.807, 2.05) is 13.8 Å². The second-order valence-electron chi connectivity index (χ2n) is 12.2. The van der Waals surface area contributed by atoms with Crippen molar-refractivity contribution in [3.05, 3.63) is 12.2 Å². The van der Waals surface area contributed by atoms with Gasteiger partial charge in [0.15, 0.2) is 19.9 Å². The van der Waals surface area contributed by atoms with Crippen LogP contribution < -0.4 is 0 Å². The molecule has 200 valence electrons. The average Bonchev–Trinajstić information content (AvgIpc) is 3.10. The van der Waals surface area contributed by atoms with E-state index in [4.69, 9.17) is 13.9 Å². The van der Waals surface area contributed by atoms with Gasteiger partial charge in [-0.05, 0) is 51.2 Å². The van der Waals surface area contributed by atoms with Crippen molar-refractivity contribution in [3.8, 4) is 0 Å². The Hall–Kier alpha value is -0.493. The Balaban J connectivity index is 2.41. The lowest BCUT2D eigenvalue weighted by Gasteiger charge is -2.39. The van der Waals surface area contributed by atoms with E-state index in [1.54, 1.807) is 0 Å². The first-order chi connectivity index (χ1) is 15.9. The van der Waals surface area contributed by atoms with Crippen molar-refractivity contribution in [2.45, 2.75) is 161 Å².